The normalized spacial score (nSPS) is 22.8. The van der Waals surface area contributed by atoms with Gasteiger partial charge in [0.1, 0.15) is 0 Å². The molecule has 1 saturated heterocycles. The van der Waals surface area contributed by atoms with Crippen LogP contribution in [0.25, 0.3) is 11.5 Å². The molecule has 1 aliphatic rings. The van der Waals surface area contributed by atoms with E-state index in [2.05, 4.69) is 22.0 Å². The summed E-state index contributed by atoms with van der Waals surface area (Å²) in [4.78, 5) is 6.81. The summed E-state index contributed by atoms with van der Waals surface area (Å²) in [7, 11) is 0. The Labute approximate surface area is 130 Å². The van der Waals surface area contributed by atoms with Crippen LogP contribution >= 0.6 is 12.4 Å². The summed E-state index contributed by atoms with van der Waals surface area (Å²) in [6.07, 6.45) is 1.03. The maximum atomic E-state index is 6.04. The number of rotatable bonds is 3. The highest BCUT2D eigenvalue weighted by atomic mass is 35.5. The van der Waals surface area contributed by atoms with E-state index in [1.54, 1.807) is 0 Å². The molecular weight excluding hydrogens is 288 g/mol. The minimum Gasteiger partial charge on any atom is -0.334 e. The van der Waals surface area contributed by atoms with Gasteiger partial charge in [0.05, 0.1) is 6.54 Å². The van der Waals surface area contributed by atoms with E-state index in [1.165, 1.54) is 0 Å². The molecule has 1 aromatic heterocycles. The SMILES string of the molecule is CC1CN(Cc2noc(-c3ccccc3)n2)CCC1N.Cl. The molecule has 6 heteroatoms. The van der Waals surface area contributed by atoms with E-state index in [-0.39, 0.29) is 12.4 Å². The first-order valence-corrected chi connectivity index (χ1v) is 7.08. The fourth-order valence-corrected chi connectivity index (χ4v) is 2.61. The minimum absolute atomic E-state index is 0. The molecule has 2 unspecified atom stereocenters. The van der Waals surface area contributed by atoms with Crippen molar-refractivity contribution in [1.82, 2.24) is 15.0 Å². The topological polar surface area (TPSA) is 68.2 Å². The van der Waals surface area contributed by atoms with Crippen LogP contribution in [0.2, 0.25) is 0 Å². The lowest BCUT2D eigenvalue weighted by Crippen LogP contribution is -2.45. The number of nitrogens with zero attached hydrogens (tertiary/aromatic N) is 3. The van der Waals surface area contributed by atoms with Gasteiger partial charge in [0.25, 0.3) is 5.89 Å². The number of nitrogens with two attached hydrogens (primary N) is 1. The Morgan fingerprint density at radius 3 is 2.81 bits per heavy atom. The van der Waals surface area contributed by atoms with Crippen LogP contribution in [0.1, 0.15) is 19.2 Å². The number of likely N-dealkylation sites (tertiary alicyclic amines) is 1. The second-order valence-electron chi connectivity index (χ2n) is 5.55. The number of halogens is 1. The van der Waals surface area contributed by atoms with Crippen LogP contribution in [0, 0.1) is 5.92 Å². The first-order chi connectivity index (χ1) is 9.72. The minimum atomic E-state index is 0. The number of piperidine rings is 1. The fraction of sp³-hybridized carbons (Fsp3) is 0.467. The lowest BCUT2D eigenvalue weighted by Gasteiger charge is -2.34. The van der Waals surface area contributed by atoms with Crippen LogP contribution in [0.15, 0.2) is 34.9 Å². The van der Waals surface area contributed by atoms with Crippen LogP contribution in [0.4, 0.5) is 0 Å². The number of hydrogen-bond donors (Lipinski definition) is 1. The van der Waals surface area contributed by atoms with Crippen LogP contribution in [-0.2, 0) is 6.54 Å². The molecule has 5 nitrogen and oxygen atoms in total. The van der Waals surface area contributed by atoms with E-state index in [9.17, 15) is 0 Å². The predicted molar refractivity (Wildman–Crippen MR) is 84.0 cm³/mol. The van der Waals surface area contributed by atoms with Crippen molar-refractivity contribution < 1.29 is 4.52 Å². The molecule has 2 aromatic rings. The van der Waals surface area contributed by atoms with Crippen molar-refractivity contribution in [3.8, 4) is 11.5 Å². The molecule has 21 heavy (non-hydrogen) atoms. The average Bonchev–Trinajstić information content (AvgIpc) is 2.92. The van der Waals surface area contributed by atoms with E-state index < -0.39 is 0 Å². The molecule has 2 N–H and O–H groups in total. The molecule has 0 spiro atoms. The van der Waals surface area contributed by atoms with Crippen LogP contribution < -0.4 is 5.73 Å². The highest BCUT2D eigenvalue weighted by Gasteiger charge is 2.24. The number of hydrogen-bond acceptors (Lipinski definition) is 5. The van der Waals surface area contributed by atoms with E-state index in [0.717, 1.165) is 37.4 Å². The van der Waals surface area contributed by atoms with Gasteiger partial charge in [-0.3, -0.25) is 4.90 Å². The average molecular weight is 309 g/mol. The van der Waals surface area contributed by atoms with Crippen molar-refractivity contribution in [2.24, 2.45) is 11.7 Å². The molecule has 1 aromatic carbocycles. The summed E-state index contributed by atoms with van der Waals surface area (Å²) in [6.45, 7) is 4.92. The van der Waals surface area contributed by atoms with Gasteiger partial charge in [0, 0.05) is 24.7 Å². The van der Waals surface area contributed by atoms with Gasteiger partial charge in [-0.2, -0.15) is 4.98 Å². The molecule has 2 atom stereocenters. The highest BCUT2D eigenvalue weighted by Crippen LogP contribution is 2.19. The predicted octanol–water partition coefficient (Wildman–Crippen LogP) is 2.33. The zero-order valence-electron chi connectivity index (χ0n) is 12.1. The first-order valence-electron chi connectivity index (χ1n) is 7.08. The highest BCUT2D eigenvalue weighted by molar-refractivity contribution is 5.85. The Morgan fingerprint density at radius 2 is 2.10 bits per heavy atom. The largest absolute Gasteiger partial charge is 0.334 e. The fourth-order valence-electron chi connectivity index (χ4n) is 2.61. The Hall–Kier alpha value is -1.43. The van der Waals surface area contributed by atoms with Crippen molar-refractivity contribution in [3.05, 3.63) is 36.2 Å². The van der Waals surface area contributed by atoms with Gasteiger partial charge in [0.15, 0.2) is 5.82 Å². The summed E-state index contributed by atoms with van der Waals surface area (Å²) in [5, 5.41) is 4.07. The number of aromatic nitrogens is 2. The van der Waals surface area contributed by atoms with Gasteiger partial charge in [-0.05, 0) is 24.5 Å². The summed E-state index contributed by atoms with van der Waals surface area (Å²) >= 11 is 0. The molecule has 114 valence electrons. The van der Waals surface area contributed by atoms with Crippen molar-refractivity contribution in [1.29, 1.82) is 0 Å². The van der Waals surface area contributed by atoms with Gasteiger partial charge in [-0.15, -0.1) is 12.4 Å². The lowest BCUT2D eigenvalue weighted by atomic mass is 9.95. The monoisotopic (exact) mass is 308 g/mol. The van der Waals surface area contributed by atoms with E-state index in [0.29, 0.717) is 17.9 Å². The Kier molecular flexibility index (Phi) is 5.33. The summed E-state index contributed by atoms with van der Waals surface area (Å²) < 4.78 is 5.33. The third-order valence-corrected chi connectivity index (χ3v) is 3.91. The van der Waals surface area contributed by atoms with Crippen molar-refractivity contribution in [2.45, 2.75) is 25.9 Å². The maximum Gasteiger partial charge on any atom is 0.257 e. The second kappa shape index (κ2) is 7.02. The Morgan fingerprint density at radius 1 is 1.33 bits per heavy atom. The van der Waals surface area contributed by atoms with Crippen LogP contribution in [-0.4, -0.2) is 34.2 Å². The first kappa shape index (κ1) is 15.9. The summed E-state index contributed by atoms with van der Waals surface area (Å²) in [5.74, 6) is 1.85. The summed E-state index contributed by atoms with van der Waals surface area (Å²) in [5.41, 5.74) is 7.00. The Bertz CT molecular complexity index is 560. The van der Waals surface area contributed by atoms with Gasteiger partial charge in [0.2, 0.25) is 0 Å². The lowest BCUT2D eigenvalue weighted by molar-refractivity contribution is 0.153. The maximum absolute atomic E-state index is 6.04. The zero-order chi connectivity index (χ0) is 13.9. The standard InChI is InChI=1S/C15H20N4O.ClH/c1-11-9-19(8-7-13(11)16)10-14-17-15(20-18-14)12-5-3-2-4-6-12;/h2-6,11,13H,7-10,16H2,1H3;1H. The van der Waals surface area contributed by atoms with Crippen molar-refractivity contribution >= 4 is 12.4 Å². The molecule has 0 saturated carbocycles. The van der Waals surface area contributed by atoms with Crippen LogP contribution in [0.3, 0.4) is 0 Å². The van der Waals surface area contributed by atoms with Gasteiger partial charge >= 0.3 is 0 Å². The molecule has 0 radical (unpaired) electrons. The van der Waals surface area contributed by atoms with Crippen LogP contribution in [0.5, 0.6) is 0 Å². The smallest absolute Gasteiger partial charge is 0.257 e. The van der Waals surface area contributed by atoms with Gasteiger partial charge in [-0.1, -0.05) is 30.3 Å². The van der Waals surface area contributed by atoms with E-state index in [1.807, 2.05) is 30.3 Å². The quantitative estimate of drug-likeness (QED) is 0.942. The zero-order valence-corrected chi connectivity index (χ0v) is 12.9. The third-order valence-electron chi connectivity index (χ3n) is 3.91. The number of benzene rings is 1. The van der Waals surface area contributed by atoms with E-state index >= 15 is 0 Å². The molecule has 1 aliphatic heterocycles. The molecule has 0 aliphatic carbocycles. The van der Waals surface area contributed by atoms with Crippen molar-refractivity contribution in [2.75, 3.05) is 13.1 Å². The molecule has 3 rings (SSSR count). The molecular formula is C15H21ClN4O. The summed E-state index contributed by atoms with van der Waals surface area (Å²) in [6, 6.07) is 10.2. The molecule has 0 amide bonds. The molecule has 2 heterocycles. The van der Waals surface area contributed by atoms with Gasteiger partial charge in [-0.25, -0.2) is 0 Å². The second-order valence-corrected chi connectivity index (χ2v) is 5.55. The Balaban J connectivity index is 0.00000161. The van der Waals surface area contributed by atoms with E-state index in [4.69, 9.17) is 10.3 Å². The third kappa shape index (κ3) is 3.81. The molecule has 0 bridgehead atoms. The van der Waals surface area contributed by atoms with Gasteiger partial charge < -0.3 is 10.3 Å². The molecule has 1 fully saturated rings. The van der Waals surface area contributed by atoms with Crippen molar-refractivity contribution in [3.63, 3.8) is 0 Å².